The number of nitrogens with zero attached hydrogens (tertiary/aromatic N) is 2. The molecule has 2 aromatic carbocycles. The maximum Gasteiger partial charge on any atom is 0.327 e. The number of hydrogen-bond acceptors (Lipinski definition) is 4. The Morgan fingerprint density at radius 1 is 0.708 bits per heavy atom. The summed E-state index contributed by atoms with van der Waals surface area (Å²) < 4.78 is 0. The number of rotatable bonds is 4. The van der Waals surface area contributed by atoms with E-state index in [0.717, 1.165) is 23.5 Å². The Balaban J connectivity index is 0.000000442. The molecule has 0 spiro atoms. The van der Waals surface area contributed by atoms with E-state index in [1.807, 2.05) is 60.7 Å². The maximum atomic E-state index is 9.25. The topological polar surface area (TPSA) is 99.3 Å². The summed E-state index contributed by atoms with van der Waals surface area (Å²) in [5, 5.41) is 23.4. The summed E-state index contributed by atoms with van der Waals surface area (Å²) in [5.41, 5.74) is 1.74. The zero-order chi connectivity index (χ0) is 18.2. The lowest BCUT2D eigenvalue weighted by molar-refractivity contribution is -0.132. The number of carboxylic acid groups (broad SMARTS) is 2. The number of carbonyl (C=O) groups is 2. The largest absolute Gasteiger partial charge is 0.478 e. The smallest absolute Gasteiger partial charge is 0.327 e. The average molecular weight is 326 g/mol. The van der Waals surface area contributed by atoms with Crippen molar-refractivity contribution < 1.29 is 19.8 Å². The van der Waals surface area contributed by atoms with Gasteiger partial charge in [-0.2, -0.15) is 10.2 Å². The molecule has 6 heteroatoms. The highest BCUT2D eigenvalue weighted by molar-refractivity contribution is 5.79. The number of carboxylic acids is 2. The Labute approximate surface area is 140 Å². The average Bonchev–Trinajstić information content (AvgIpc) is 2.62. The molecule has 0 heterocycles. The van der Waals surface area contributed by atoms with Gasteiger partial charge in [0, 0.05) is 12.2 Å². The first-order chi connectivity index (χ1) is 11.5. The van der Waals surface area contributed by atoms with Gasteiger partial charge in [-0.05, 0) is 24.3 Å². The quantitative estimate of drug-likeness (QED) is 0.632. The summed E-state index contributed by atoms with van der Waals surface area (Å²) in [6.07, 6.45) is 1.67. The van der Waals surface area contributed by atoms with Crippen molar-refractivity contribution in [3.05, 3.63) is 86.0 Å². The van der Waals surface area contributed by atoms with Crippen LogP contribution in [-0.4, -0.2) is 22.2 Å². The Morgan fingerprint density at radius 2 is 0.958 bits per heavy atom. The highest BCUT2D eigenvalue weighted by atomic mass is 16.4. The Bertz CT molecular complexity index is 608. The summed E-state index contributed by atoms with van der Waals surface area (Å²) in [5.74, 6) is -1.96. The van der Waals surface area contributed by atoms with Crippen LogP contribution in [0.5, 0.6) is 0 Å². The van der Waals surface area contributed by atoms with Gasteiger partial charge in [-0.3, -0.25) is 0 Å². The highest BCUT2D eigenvalue weighted by Gasteiger charge is 1.86. The van der Waals surface area contributed by atoms with E-state index in [1.54, 1.807) is 0 Å². The first kappa shape index (κ1) is 20.5. The van der Waals surface area contributed by atoms with Crippen LogP contribution in [0.15, 0.2) is 96.2 Å². The third-order valence-electron chi connectivity index (χ3n) is 2.14. The van der Waals surface area contributed by atoms with Gasteiger partial charge in [0.25, 0.3) is 0 Å². The first-order valence-corrected chi connectivity index (χ1v) is 6.72. The van der Waals surface area contributed by atoms with Gasteiger partial charge in [-0.1, -0.05) is 49.6 Å². The van der Waals surface area contributed by atoms with Gasteiger partial charge < -0.3 is 10.2 Å². The second-order valence-electron chi connectivity index (χ2n) is 3.96. The van der Waals surface area contributed by atoms with Crippen molar-refractivity contribution in [1.82, 2.24) is 0 Å². The molecule has 0 aliphatic heterocycles. The maximum absolute atomic E-state index is 9.25. The van der Waals surface area contributed by atoms with E-state index < -0.39 is 11.9 Å². The van der Waals surface area contributed by atoms with Gasteiger partial charge >= 0.3 is 11.9 Å². The molecule has 24 heavy (non-hydrogen) atoms. The van der Waals surface area contributed by atoms with Crippen LogP contribution in [0.4, 0.5) is 11.4 Å². The number of azo groups is 1. The minimum Gasteiger partial charge on any atom is -0.478 e. The van der Waals surface area contributed by atoms with Gasteiger partial charge in [0.15, 0.2) is 0 Å². The molecule has 0 aliphatic carbocycles. The SMILES string of the molecule is C=CC(=O)O.C=CC(=O)O.c1ccc(N=Nc2ccccc2)cc1. The predicted molar refractivity (Wildman–Crippen MR) is 92.7 cm³/mol. The number of benzene rings is 2. The standard InChI is InChI=1S/C12H10N2.2C3H4O2/c1-3-7-11(8-4-1)13-14-12-9-5-2-6-10-12;2*1-2-3(4)5/h1-10H;2*2H,1H2,(H,4,5). The van der Waals surface area contributed by atoms with Crippen molar-refractivity contribution in [2.45, 2.75) is 0 Å². The molecule has 2 aromatic rings. The number of hydrogen-bond donors (Lipinski definition) is 2. The molecule has 124 valence electrons. The van der Waals surface area contributed by atoms with Gasteiger partial charge in [0.1, 0.15) is 0 Å². The van der Waals surface area contributed by atoms with Crippen LogP contribution in [0.2, 0.25) is 0 Å². The van der Waals surface area contributed by atoms with E-state index in [9.17, 15) is 9.59 Å². The predicted octanol–water partition coefficient (Wildman–Crippen LogP) is 4.62. The molecular formula is C18H18N2O4. The van der Waals surface area contributed by atoms with Crippen molar-refractivity contribution in [2.75, 3.05) is 0 Å². The number of aliphatic carboxylic acids is 2. The zero-order valence-electron chi connectivity index (χ0n) is 12.9. The molecule has 0 aromatic heterocycles. The van der Waals surface area contributed by atoms with Crippen molar-refractivity contribution in [2.24, 2.45) is 10.2 Å². The first-order valence-electron chi connectivity index (χ1n) is 6.72. The van der Waals surface area contributed by atoms with Crippen LogP contribution in [-0.2, 0) is 9.59 Å². The highest BCUT2D eigenvalue weighted by Crippen LogP contribution is 2.16. The van der Waals surface area contributed by atoms with Crippen LogP contribution < -0.4 is 0 Å². The molecule has 0 aliphatic rings. The summed E-state index contributed by atoms with van der Waals surface area (Å²) in [4.78, 5) is 18.5. The van der Waals surface area contributed by atoms with E-state index in [4.69, 9.17) is 10.2 Å². The summed E-state index contributed by atoms with van der Waals surface area (Å²) >= 11 is 0. The van der Waals surface area contributed by atoms with Crippen LogP contribution in [0, 0.1) is 0 Å². The molecule has 0 unspecified atom stereocenters. The van der Waals surface area contributed by atoms with Gasteiger partial charge in [0.05, 0.1) is 11.4 Å². The van der Waals surface area contributed by atoms with Gasteiger partial charge in [-0.25, -0.2) is 9.59 Å². The van der Waals surface area contributed by atoms with E-state index in [0.29, 0.717) is 0 Å². The molecule has 0 saturated heterocycles. The fraction of sp³-hybridized carbons (Fsp3) is 0. The lowest BCUT2D eigenvalue weighted by Crippen LogP contribution is -1.82. The molecule has 0 saturated carbocycles. The van der Waals surface area contributed by atoms with Crippen molar-refractivity contribution in [3.63, 3.8) is 0 Å². The lowest BCUT2D eigenvalue weighted by atomic mass is 10.3. The van der Waals surface area contributed by atoms with E-state index in [2.05, 4.69) is 23.4 Å². The second kappa shape index (κ2) is 13.1. The summed E-state index contributed by atoms with van der Waals surface area (Å²) in [6.45, 7) is 5.92. The van der Waals surface area contributed by atoms with Crippen molar-refractivity contribution in [3.8, 4) is 0 Å². The van der Waals surface area contributed by atoms with Crippen LogP contribution >= 0.6 is 0 Å². The molecule has 2 N–H and O–H groups in total. The van der Waals surface area contributed by atoms with E-state index in [1.165, 1.54) is 0 Å². The third kappa shape index (κ3) is 12.2. The van der Waals surface area contributed by atoms with E-state index in [-0.39, 0.29) is 0 Å². The molecule has 0 radical (unpaired) electrons. The minimum atomic E-state index is -0.981. The Kier molecular flexibility index (Phi) is 11.2. The monoisotopic (exact) mass is 326 g/mol. The summed E-state index contributed by atoms with van der Waals surface area (Å²) in [6, 6.07) is 19.4. The van der Waals surface area contributed by atoms with Crippen LogP contribution in [0.25, 0.3) is 0 Å². The normalized spacial score (nSPS) is 8.83. The second-order valence-corrected chi connectivity index (χ2v) is 3.96. The Morgan fingerprint density at radius 3 is 1.17 bits per heavy atom. The lowest BCUT2D eigenvalue weighted by Gasteiger charge is -1.91. The summed E-state index contributed by atoms with van der Waals surface area (Å²) in [7, 11) is 0. The molecular weight excluding hydrogens is 308 g/mol. The van der Waals surface area contributed by atoms with Crippen LogP contribution in [0.1, 0.15) is 0 Å². The molecule has 0 atom stereocenters. The van der Waals surface area contributed by atoms with Gasteiger partial charge in [-0.15, -0.1) is 0 Å². The fourth-order valence-electron chi connectivity index (χ4n) is 1.10. The van der Waals surface area contributed by atoms with Crippen LogP contribution in [0.3, 0.4) is 0 Å². The molecule has 0 amide bonds. The molecule has 6 nitrogen and oxygen atoms in total. The molecule has 2 rings (SSSR count). The van der Waals surface area contributed by atoms with Crippen molar-refractivity contribution in [1.29, 1.82) is 0 Å². The van der Waals surface area contributed by atoms with Gasteiger partial charge in [0.2, 0.25) is 0 Å². The third-order valence-corrected chi connectivity index (χ3v) is 2.14. The molecule has 0 fully saturated rings. The fourth-order valence-corrected chi connectivity index (χ4v) is 1.10. The Hall–Kier alpha value is -3.54. The van der Waals surface area contributed by atoms with E-state index >= 15 is 0 Å². The minimum absolute atomic E-state index is 0.833. The van der Waals surface area contributed by atoms with Crippen molar-refractivity contribution >= 4 is 23.3 Å². The zero-order valence-corrected chi connectivity index (χ0v) is 12.9. The molecule has 0 bridgehead atoms.